The second-order valence-corrected chi connectivity index (χ2v) is 6.76. The maximum absolute atomic E-state index is 13.3. The maximum Gasteiger partial charge on any atom is 0.418 e. The fraction of sp³-hybridized carbons (Fsp3) is 0.0952. The molecule has 0 fully saturated rings. The number of rotatable bonds is 4. The third-order valence-corrected chi connectivity index (χ3v) is 4.43. The molecule has 4 aromatic rings. The summed E-state index contributed by atoms with van der Waals surface area (Å²) in [5, 5.41) is 2.41. The SMILES string of the molecule is O=C(Nc1ccc(Oc2ccncc2)cc1)c1nc2c(C(F)(F)F)cc(C(F)(F)F)cc2[nH]1. The van der Waals surface area contributed by atoms with Crippen LogP contribution in [0, 0.1) is 0 Å². The zero-order chi connectivity index (χ0) is 23.8. The molecule has 170 valence electrons. The molecule has 0 radical (unpaired) electrons. The average molecular weight is 466 g/mol. The second kappa shape index (κ2) is 8.11. The summed E-state index contributed by atoms with van der Waals surface area (Å²) in [6.07, 6.45) is -7.03. The van der Waals surface area contributed by atoms with Gasteiger partial charge < -0.3 is 15.0 Å². The Bertz CT molecular complexity index is 1300. The quantitative estimate of drug-likeness (QED) is 0.360. The van der Waals surface area contributed by atoms with Crippen LogP contribution in [0.4, 0.5) is 32.0 Å². The number of aromatic nitrogens is 3. The Morgan fingerprint density at radius 1 is 0.879 bits per heavy atom. The van der Waals surface area contributed by atoms with Gasteiger partial charge in [0.05, 0.1) is 16.6 Å². The van der Waals surface area contributed by atoms with Crippen LogP contribution < -0.4 is 10.1 Å². The summed E-state index contributed by atoms with van der Waals surface area (Å²) in [6, 6.07) is 9.72. The second-order valence-electron chi connectivity index (χ2n) is 6.76. The zero-order valence-corrected chi connectivity index (χ0v) is 16.3. The van der Waals surface area contributed by atoms with E-state index in [1.807, 2.05) is 0 Å². The molecule has 4 rings (SSSR count). The number of H-pyrrole nitrogens is 1. The minimum Gasteiger partial charge on any atom is -0.457 e. The van der Waals surface area contributed by atoms with E-state index < -0.39 is 46.2 Å². The van der Waals surface area contributed by atoms with Gasteiger partial charge in [0.15, 0.2) is 5.82 Å². The highest BCUT2D eigenvalue weighted by atomic mass is 19.4. The molecule has 0 saturated heterocycles. The van der Waals surface area contributed by atoms with E-state index in [0.717, 1.165) is 0 Å². The molecule has 0 bridgehead atoms. The topological polar surface area (TPSA) is 79.9 Å². The van der Waals surface area contributed by atoms with Gasteiger partial charge in [0.25, 0.3) is 5.91 Å². The molecule has 2 heterocycles. The minimum atomic E-state index is -5.10. The van der Waals surface area contributed by atoms with Gasteiger partial charge >= 0.3 is 12.4 Å². The first-order chi connectivity index (χ1) is 15.5. The lowest BCUT2D eigenvalue weighted by molar-refractivity contribution is -0.142. The minimum absolute atomic E-state index is 0.0353. The highest BCUT2D eigenvalue weighted by Gasteiger charge is 2.39. The maximum atomic E-state index is 13.3. The summed E-state index contributed by atoms with van der Waals surface area (Å²) >= 11 is 0. The molecule has 2 aromatic carbocycles. The molecule has 33 heavy (non-hydrogen) atoms. The van der Waals surface area contributed by atoms with Gasteiger partial charge in [0, 0.05) is 18.1 Å². The molecule has 0 atom stereocenters. The molecule has 0 aliphatic carbocycles. The van der Waals surface area contributed by atoms with Gasteiger partial charge in [-0.15, -0.1) is 0 Å². The van der Waals surface area contributed by atoms with Crippen molar-refractivity contribution in [2.24, 2.45) is 0 Å². The van der Waals surface area contributed by atoms with Crippen LogP contribution >= 0.6 is 0 Å². The van der Waals surface area contributed by atoms with Crippen LogP contribution in [-0.2, 0) is 12.4 Å². The molecule has 0 unspecified atom stereocenters. The van der Waals surface area contributed by atoms with Crippen LogP contribution in [0.2, 0.25) is 0 Å². The van der Waals surface area contributed by atoms with Gasteiger partial charge in [-0.1, -0.05) is 0 Å². The van der Waals surface area contributed by atoms with E-state index >= 15 is 0 Å². The van der Waals surface area contributed by atoms with Crippen molar-refractivity contribution in [1.29, 1.82) is 0 Å². The molecule has 12 heteroatoms. The molecule has 0 aliphatic heterocycles. The van der Waals surface area contributed by atoms with E-state index in [0.29, 0.717) is 17.6 Å². The van der Waals surface area contributed by atoms with Crippen molar-refractivity contribution < 1.29 is 35.9 Å². The predicted octanol–water partition coefficient (Wildman–Crippen LogP) is 6.04. The van der Waals surface area contributed by atoms with Crippen LogP contribution in [0.3, 0.4) is 0 Å². The Labute approximate surface area is 181 Å². The van der Waals surface area contributed by atoms with E-state index in [2.05, 4.69) is 20.3 Å². The number of imidazole rings is 1. The number of amides is 1. The average Bonchev–Trinajstić information content (AvgIpc) is 3.18. The molecule has 0 aliphatic rings. The van der Waals surface area contributed by atoms with Gasteiger partial charge in [-0.05, 0) is 48.5 Å². The van der Waals surface area contributed by atoms with Gasteiger partial charge in [0.2, 0.25) is 0 Å². The van der Waals surface area contributed by atoms with E-state index in [1.54, 1.807) is 24.5 Å². The Balaban J connectivity index is 1.58. The van der Waals surface area contributed by atoms with E-state index in [1.165, 1.54) is 24.3 Å². The Kier molecular flexibility index (Phi) is 5.44. The van der Waals surface area contributed by atoms with Crippen LogP contribution in [0.5, 0.6) is 11.5 Å². The number of nitrogens with zero attached hydrogens (tertiary/aromatic N) is 2. The number of aromatic amines is 1. The molecule has 2 N–H and O–H groups in total. The number of carbonyl (C=O) groups excluding carboxylic acids is 1. The lowest BCUT2D eigenvalue weighted by atomic mass is 10.1. The number of anilines is 1. The van der Waals surface area contributed by atoms with Crippen molar-refractivity contribution in [3.8, 4) is 11.5 Å². The molecule has 6 nitrogen and oxygen atoms in total. The molecular weight excluding hydrogens is 454 g/mol. The number of hydrogen-bond donors (Lipinski definition) is 2. The number of halogens is 6. The number of benzene rings is 2. The lowest BCUT2D eigenvalue weighted by Crippen LogP contribution is -2.13. The highest BCUT2D eigenvalue weighted by Crippen LogP contribution is 2.39. The number of hydrogen-bond acceptors (Lipinski definition) is 4. The first-order valence-electron chi connectivity index (χ1n) is 9.18. The van der Waals surface area contributed by atoms with Crippen molar-refractivity contribution in [2.75, 3.05) is 5.32 Å². The standard InChI is InChI=1S/C21H12F6N4O2/c22-20(23,24)11-9-15(21(25,26)27)17-16(10-11)30-18(31-17)19(32)29-12-1-3-13(4-2-12)33-14-5-7-28-8-6-14/h1-10H,(H,29,32)(H,30,31). The summed E-state index contributed by atoms with van der Waals surface area (Å²) in [5.41, 5.74) is -4.21. The third-order valence-electron chi connectivity index (χ3n) is 4.43. The number of nitrogens with one attached hydrogen (secondary N) is 2. The monoisotopic (exact) mass is 466 g/mol. The van der Waals surface area contributed by atoms with Crippen LogP contribution in [-0.4, -0.2) is 20.9 Å². The Hall–Kier alpha value is -4.09. The third kappa shape index (κ3) is 4.89. The number of alkyl halides is 6. The smallest absolute Gasteiger partial charge is 0.418 e. The molecule has 0 spiro atoms. The predicted molar refractivity (Wildman–Crippen MR) is 105 cm³/mol. The van der Waals surface area contributed by atoms with Crippen molar-refractivity contribution >= 4 is 22.6 Å². The van der Waals surface area contributed by atoms with Gasteiger partial charge in [-0.2, -0.15) is 26.3 Å². The largest absolute Gasteiger partial charge is 0.457 e. The lowest BCUT2D eigenvalue weighted by Gasteiger charge is -2.11. The van der Waals surface area contributed by atoms with E-state index in [4.69, 9.17) is 4.74 Å². The first kappa shape index (κ1) is 22.1. The summed E-state index contributed by atoms with van der Waals surface area (Å²) < 4.78 is 84.5. The number of fused-ring (bicyclic) bond motifs is 1. The van der Waals surface area contributed by atoms with Gasteiger partial charge in [-0.3, -0.25) is 9.78 Å². The van der Waals surface area contributed by atoms with E-state index in [9.17, 15) is 31.1 Å². The van der Waals surface area contributed by atoms with Gasteiger partial charge in [-0.25, -0.2) is 4.98 Å². The molecule has 2 aromatic heterocycles. The van der Waals surface area contributed by atoms with E-state index in [-0.39, 0.29) is 11.8 Å². The number of carbonyl (C=O) groups is 1. The summed E-state index contributed by atoms with van der Waals surface area (Å²) in [4.78, 5) is 22.1. The number of pyridine rings is 1. The van der Waals surface area contributed by atoms with Crippen molar-refractivity contribution in [2.45, 2.75) is 12.4 Å². The first-order valence-corrected chi connectivity index (χ1v) is 9.18. The van der Waals surface area contributed by atoms with Gasteiger partial charge in [0.1, 0.15) is 17.0 Å². The molecule has 1 amide bonds. The van der Waals surface area contributed by atoms with Crippen LogP contribution in [0.25, 0.3) is 11.0 Å². The zero-order valence-electron chi connectivity index (χ0n) is 16.3. The summed E-state index contributed by atoms with van der Waals surface area (Å²) in [6.45, 7) is 0. The fourth-order valence-corrected chi connectivity index (χ4v) is 2.94. The normalized spacial score (nSPS) is 12.1. The fourth-order valence-electron chi connectivity index (χ4n) is 2.94. The van der Waals surface area contributed by atoms with Crippen molar-refractivity contribution in [1.82, 2.24) is 15.0 Å². The van der Waals surface area contributed by atoms with Crippen LogP contribution in [0.1, 0.15) is 21.7 Å². The summed E-state index contributed by atoms with van der Waals surface area (Å²) in [7, 11) is 0. The summed E-state index contributed by atoms with van der Waals surface area (Å²) in [5.74, 6) is -0.539. The molecular formula is C21H12F6N4O2. The Morgan fingerprint density at radius 2 is 1.52 bits per heavy atom. The number of ether oxygens (including phenoxy) is 1. The van der Waals surface area contributed by atoms with Crippen LogP contribution in [0.15, 0.2) is 60.9 Å². The Morgan fingerprint density at radius 3 is 2.12 bits per heavy atom. The molecule has 0 saturated carbocycles. The van der Waals surface area contributed by atoms with Crippen molar-refractivity contribution in [3.05, 3.63) is 77.9 Å². The van der Waals surface area contributed by atoms with Crippen molar-refractivity contribution in [3.63, 3.8) is 0 Å². The highest BCUT2D eigenvalue weighted by molar-refractivity contribution is 6.03.